The SMILES string of the molecule is CC(CCO)CNC(=O)NCc1ccccc1CN1CCCCC1C. The Labute approximate surface area is 151 Å². The van der Waals surface area contributed by atoms with Crippen LogP contribution in [-0.4, -0.2) is 41.8 Å². The zero-order valence-corrected chi connectivity index (χ0v) is 15.6. The molecule has 1 aromatic carbocycles. The first kappa shape index (κ1) is 19.7. The second-order valence-corrected chi connectivity index (χ2v) is 7.27. The highest BCUT2D eigenvalue weighted by Crippen LogP contribution is 2.20. The number of carbonyl (C=O) groups is 1. The summed E-state index contributed by atoms with van der Waals surface area (Å²) < 4.78 is 0. The molecule has 3 N–H and O–H groups in total. The Balaban J connectivity index is 1.84. The van der Waals surface area contributed by atoms with Gasteiger partial charge < -0.3 is 15.7 Å². The molecule has 0 aromatic heterocycles. The fourth-order valence-corrected chi connectivity index (χ4v) is 3.32. The number of hydrogen-bond acceptors (Lipinski definition) is 3. The van der Waals surface area contributed by atoms with Crippen LogP contribution in [0.5, 0.6) is 0 Å². The van der Waals surface area contributed by atoms with E-state index >= 15 is 0 Å². The van der Waals surface area contributed by atoms with E-state index in [1.807, 2.05) is 13.0 Å². The highest BCUT2D eigenvalue weighted by molar-refractivity contribution is 5.73. The van der Waals surface area contributed by atoms with Gasteiger partial charge in [0, 0.05) is 32.3 Å². The second-order valence-electron chi connectivity index (χ2n) is 7.27. The van der Waals surface area contributed by atoms with Gasteiger partial charge >= 0.3 is 6.03 Å². The average molecular weight is 348 g/mol. The van der Waals surface area contributed by atoms with Crippen LogP contribution in [0.2, 0.25) is 0 Å². The van der Waals surface area contributed by atoms with Gasteiger partial charge in [0.2, 0.25) is 0 Å². The quantitative estimate of drug-likeness (QED) is 0.677. The maximum absolute atomic E-state index is 12.0. The van der Waals surface area contributed by atoms with Crippen molar-refractivity contribution in [2.45, 2.75) is 58.7 Å². The van der Waals surface area contributed by atoms with E-state index in [1.54, 1.807) is 0 Å². The molecule has 0 radical (unpaired) electrons. The van der Waals surface area contributed by atoms with E-state index in [0.29, 0.717) is 25.6 Å². The van der Waals surface area contributed by atoms with Gasteiger partial charge in [-0.3, -0.25) is 4.90 Å². The summed E-state index contributed by atoms with van der Waals surface area (Å²) in [4.78, 5) is 14.5. The van der Waals surface area contributed by atoms with E-state index in [9.17, 15) is 4.79 Å². The predicted octanol–water partition coefficient (Wildman–Crippen LogP) is 2.88. The van der Waals surface area contributed by atoms with Crippen LogP contribution in [0.15, 0.2) is 24.3 Å². The van der Waals surface area contributed by atoms with E-state index in [1.165, 1.54) is 30.4 Å². The molecule has 140 valence electrons. The van der Waals surface area contributed by atoms with E-state index in [0.717, 1.165) is 13.1 Å². The lowest BCUT2D eigenvalue weighted by Gasteiger charge is -2.33. The van der Waals surface area contributed by atoms with Crippen molar-refractivity contribution in [1.82, 2.24) is 15.5 Å². The normalized spacial score (nSPS) is 19.4. The van der Waals surface area contributed by atoms with Crippen LogP contribution in [0.3, 0.4) is 0 Å². The number of nitrogens with zero attached hydrogens (tertiary/aromatic N) is 1. The fraction of sp³-hybridized carbons (Fsp3) is 0.650. The summed E-state index contributed by atoms with van der Waals surface area (Å²) in [5, 5.41) is 14.7. The number of aliphatic hydroxyl groups excluding tert-OH is 1. The molecule has 0 aliphatic carbocycles. The molecule has 5 heteroatoms. The van der Waals surface area contributed by atoms with Gasteiger partial charge in [0.25, 0.3) is 0 Å². The molecule has 1 heterocycles. The molecule has 2 amide bonds. The number of benzene rings is 1. The molecule has 1 aromatic rings. The molecule has 0 spiro atoms. The molecule has 2 atom stereocenters. The van der Waals surface area contributed by atoms with Crippen molar-refractivity contribution >= 4 is 6.03 Å². The third-order valence-corrected chi connectivity index (χ3v) is 5.10. The summed E-state index contributed by atoms with van der Waals surface area (Å²) in [7, 11) is 0. The Kier molecular flexibility index (Phi) is 8.22. The Bertz CT molecular complexity index is 535. The van der Waals surface area contributed by atoms with E-state index in [2.05, 4.69) is 40.7 Å². The molecule has 0 bridgehead atoms. The van der Waals surface area contributed by atoms with Gasteiger partial charge in [-0.05, 0) is 49.8 Å². The predicted molar refractivity (Wildman–Crippen MR) is 101 cm³/mol. The zero-order valence-electron chi connectivity index (χ0n) is 15.6. The molecular formula is C20H33N3O2. The molecule has 1 saturated heterocycles. The zero-order chi connectivity index (χ0) is 18.1. The topological polar surface area (TPSA) is 64.6 Å². The van der Waals surface area contributed by atoms with Crippen LogP contribution < -0.4 is 10.6 Å². The number of rotatable bonds is 8. The maximum atomic E-state index is 12.0. The smallest absolute Gasteiger partial charge is 0.315 e. The Hall–Kier alpha value is -1.59. The van der Waals surface area contributed by atoms with Crippen molar-refractivity contribution in [3.8, 4) is 0 Å². The lowest BCUT2D eigenvalue weighted by Crippen LogP contribution is -2.38. The second kappa shape index (κ2) is 10.4. The largest absolute Gasteiger partial charge is 0.396 e. The molecular weight excluding hydrogens is 314 g/mol. The van der Waals surface area contributed by atoms with Gasteiger partial charge in [0.05, 0.1) is 0 Å². The molecule has 1 aliphatic heterocycles. The summed E-state index contributed by atoms with van der Waals surface area (Å²) >= 11 is 0. The number of carbonyl (C=O) groups excluding carboxylic acids is 1. The minimum Gasteiger partial charge on any atom is -0.396 e. The van der Waals surface area contributed by atoms with Crippen LogP contribution in [0, 0.1) is 5.92 Å². The average Bonchev–Trinajstić information content (AvgIpc) is 2.61. The first-order valence-corrected chi connectivity index (χ1v) is 9.53. The van der Waals surface area contributed by atoms with Gasteiger partial charge in [-0.2, -0.15) is 0 Å². The summed E-state index contributed by atoms with van der Waals surface area (Å²) in [5.74, 6) is 0.281. The molecule has 25 heavy (non-hydrogen) atoms. The summed E-state index contributed by atoms with van der Waals surface area (Å²) in [5.41, 5.74) is 2.48. The third-order valence-electron chi connectivity index (χ3n) is 5.10. The number of likely N-dealkylation sites (tertiary alicyclic amines) is 1. The van der Waals surface area contributed by atoms with Crippen LogP contribution in [0.25, 0.3) is 0 Å². The first-order valence-electron chi connectivity index (χ1n) is 9.53. The molecule has 0 saturated carbocycles. The first-order chi connectivity index (χ1) is 12.1. The number of nitrogens with one attached hydrogen (secondary N) is 2. The van der Waals surface area contributed by atoms with Gasteiger partial charge in [0.15, 0.2) is 0 Å². The standard InChI is InChI=1S/C20H33N3O2/c1-16(10-12-24)13-21-20(25)22-14-18-8-3-4-9-19(18)15-23-11-6-5-7-17(23)2/h3-4,8-9,16-17,24H,5-7,10-15H2,1-2H3,(H2,21,22,25). The van der Waals surface area contributed by atoms with Gasteiger partial charge in [0.1, 0.15) is 0 Å². The molecule has 2 rings (SSSR count). The Morgan fingerprint density at radius 2 is 2.04 bits per heavy atom. The van der Waals surface area contributed by atoms with Gasteiger partial charge in [-0.1, -0.05) is 37.6 Å². The number of piperidine rings is 1. The number of hydrogen-bond donors (Lipinski definition) is 3. The van der Waals surface area contributed by atoms with Crippen LogP contribution in [0.1, 0.15) is 50.7 Å². The Morgan fingerprint density at radius 1 is 1.28 bits per heavy atom. The maximum Gasteiger partial charge on any atom is 0.315 e. The van der Waals surface area contributed by atoms with Crippen LogP contribution >= 0.6 is 0 Å². The van der Waals surface area contributed by atoms with E-state index in [4.69, 9.17) is 5.11 Å². The van der Waals surface area contributed by atoms with Crippen molar-refractivity contribution in [2.75, 3.05) is 19.7 Å². The molecule has 1 aliphatic rings. The third kappa shape index (κ3) is 6.67. The Morgan fingerprint density at radius 3 is 2.76 bits per heavy atom. The van der Waals surface area contributed by atoms with Crippen molar-refractivity contribution < 1.29 is 9.90 Å². The van der Waals surface area contributed by atoms with Crippen molar-refractivity contribution in [3.63, 3.8) is 0 Å². The summed E-state index contributed by atoms with van der Waals surface area (Å²) in [6.07, 6.45) is 4.58. The molecule has 5 nitrogen and oxygen atoms in total. The van der Waals surface area contributed by atoms with Gasteiger partial charge in [-0.15, -0.1) is 0 Å². The fourth-order valence-electron chi connectivity index (χ4n) is 3.32. The molecule has 2 unspecified atom stereocenters. The number of urea groups is 1. The van der Waals surface area contributed by atoms with Crippen molar-refractivity contribution in [3.05, 3.63) is 35.4 Å². The minimum atomic E-state index is -0.147. The van der Waals surface area contributed by atoms with Crippen LogP contribution in [-0.2, 0) is 13.1 Å². The highest BCUT2D eigenvalue weighted by Gasteiger charge is 2.19. The van der Waals surface area contributed by atoms with Crippen LogP contribution in [0.4, 0.5) is 4.79 Å². The number of amides is 2. The minimum absolute atomic E-state index is 0.147. The molecule has 1 fully saturated rings. The number of aliphatic hydroxyl groups is 1. The lowest BCUT2D eigenvalue weighted by molar-refractivity contribution is 0.152. The van der Waals surface area contributed by atoms with Crippen molar-refractivity contribution in [1.29, 1.82) is 0 Å². The van der Waals surface area contributed by atoms with E-state index < -0.39 is 0 Å². The monoisotopic (exact) mass is 347 g/mol. The highest BCUT2D eigenvalue weighted by atomic mass is 16.3. The van der Waals surface area contributed by atoms with Gasteiger partial charge in [-0.25, -0.2) is 4.79 Å². The summed E-state index contributed by atoms with van der Waals surface area (Å²) in [6.45, 7) is 7.72. The summed E-state index contributed by atoms with van der Waals surface area (Å²) in [6, 6.07) is 8.85. The van der Waals surface area contributed by atoms with E-state index in [-0.39, 0.29) is 18.6 Å². The van der Waals surface area contributed by atoms with Crippen molar-refractivity contribution in [2.24, 2.45) is 5.92 Å². The lowest BCUT2D eigenvalue weighted by atomic mass is 10.0.